The van der Waals surface area contributed by atoms with Crippen LogP contribution >= 0.6 is 23.1 Å². The van der Waals surface area contributed by atoms with Crippen LogP contribution in [0.4, 0.5) is 5.13 Å². The zero-order chi connectivity index (χ0) is 22.9. The van der Waals surface area contributed by atoms with Crippen LogP contribution in [0.15, 0.2) is 46.8 Å². The number of rotatable bonds is 10. The van der Waals surface area contributed by atoms with E-state index in [4.69, 9.17) is 9.47 Å². The van der Waals surface area contributed by atoms with Gasteiger partial charge in [-0.15, -0.1) is 10.2 Å². The van der Waals surface area contributed by atoms with Crippen LogP contribution in [0.1, 0.15) is 21.5 Å². The number of carbonyl (C=O) groups excluding carboxylic acids is 2. The molecule has 1 heterocycles. The average Bonchev–Trinajstić information content (AvgIpc) is 3.25. The Balaban J connectivity index is 1.41. The summed E-state index contributed by atoms with van der Waals surface area (Å²) in [4.78, 5) is 24.4. The lowest BCUT2D eigenvalue weighted by atomic mass is 10.1. The Bertz CT molecular complexity index is 1070. The molecule has 3 aromatic rings. The molecule has 2 amide bonds. The number of hydrogen-bond donors (Lipinski definition) is 2. The molecule has 10 heteroatoms. The van der Waals surface area contributed by atoms with Gasteiger partial charge in [0.25, 0.3) is 5.91 Å². The molecule has 0 fully saturated rings. The molecule has 0 atom stereocenters. The van der Waals surface area contributed by atoms with Gasteiger partial charge in [0.2, 0.25) is 11.0 Å². The lowest BCUT2D eigenvalue weighted by molar-refractivity contribution is -0.118. The van der Waals surface area contributed by atoms with Crippen LogP contribution in [0.3, 0.4) is 0 Å². The molecule has 0 saturated carbocycles. The summed E-state index contributed by atoms with van der Waals surface area (Å²) in [5.41, 5.74) is 2.67. The molecule has 0 bridgehead atoms. The standard InChI is InChI=1S/C22H24N4O4S2/c1-14-4-7-16(8-5-14)20(28)24-21-25-26-22(32-21)31-13-19(27)23-11-10-15-6-9-17(29-2)18(12-15)30-3/h4-9,12H,10-11,13H2,1-3H3,(H,23,27)(H,24,25,28). The fraction of sp³-hybridized carbons (Fsp3) is 0.273. The van der Waals surface area contributed by atoms with Gasteiger partial charge < -0.3 is 14.8 Å². The maximum absolute atomic E-state index is 12.3. The van der Waals surface area contributed by atoms with Gasteiger partial charge in [-0.25, -0.2) is 0 Å². The lowest BCUT2D eigenvalue weighted by Crippen LogP contribution is -2.27. The first kappa shape index (κ1) is 23.6. The number of amides is 2. The van der Waals surface area contributed by atoms with Crippen molar-refractivity contribution in [3.63, 3.8) is 0 Å². The second-order valence-electron chi connectivity index (χ2n) is 6.77. The maximum Gasteiger partial charge on any atom is 0.257 e. The molecule has 1 aromatic heterocycles. The Labute approximate surface area is 194 Å². The summed E-state index contributed by atoms with van der Waals surface area (Å²) in [6, 6.07) is 12.9. The van der Waals surface area contributed by atoms with Gasteiger partial charge in [0.05, 0.1) is 20.0 Å². The van der Waals surface area contributed by atoms with Crippen molar-refractivity contribution in [1.82, 2.24) is 15.5 Å². The average molecular weight is 473 g/mol. The van der Waals surface area contributed by atoms with E-state index in [-0.39, 0.29) is 17.6 Å². The number of aromatic nitrogens is 2. The summed E-state index contributed by atoms with van der Waals surface area (Å²) in [6.45, 7) is 2.46. The van der Waals surface area contributed by atoms with Crippen molar-refractivity contribution in [3.05, 3.63) is 59.2 Å². The third-order valence-electron chi connectivity index (χ3n) is 4.45. The first-order valence-corrected chi connectivity index (χ1v) is 11.6. The van der Waals surface area contributed by atoms with Gasteiger partial charge in [-0.05, 0) is 43.2 Å². The number of anilines is 1. The van der Waals surface area contributed by atoms with E-state index in [1.54, 1.807) is 26.4 Å². The number of nitrogens with one attached hydrogen (secondary N) is 2. The molecule has 3 rings (SSSR count). The van der Waals surface area contributed by atoms with Crippen LogP contribution in [0.25, 0.3) is 0 Å². The topological polar surface area (TPSA) is 102 Å². The number of benzene rings is 2. The molecular weight excluding hydrogens is 448 g/mol. The van der Waals surface area contributed by atoms with Crippen LogP contribution in [0, 0.1) is 6.92 Å². The van der Waals surface area contributed by atoms with Gasteiger partial charge in [-0.3, -0.25) is 14.9 Å². The van der Waals surface area contributed by atoms with E-state index in [9.17, 15) is 9.59 Å². The zero-order valence-electron chi connectivity index (χ0n) is 18.0. The minimum atomic E-state index is -0.245. The van der Waals surface area contributed by atoms with Crippen molar-refractivity contribution in [2.24, 2.45) is 0 Å². The molecule has 0 radical (unpaired) electrons. The summed E-state index contributed by atoms with van der Waals surface area (Å²) < 4.78 is 11.1. The van der Waals surface area contributed by atoms with E-state index in [0.29, 0.717) is 39.5 Å². The normalized spacial score (nSPS) is 10.5. The van der Waals surface area contributed by atoms with Crippen LogP contribution in [0.5, 0.6) is 11.5 Å². The largest absolute Gasteiger partial charge is 0.493 e. The highest BCUT2D eigenvalue weighted by Gasteiger charge is 2.12. The zero-order valence-corrected chi connectivity index (χ0v) is 19.6. The second-order valence-corrected chi connectivity index (χ2v) is 8.97. The number of ether oxygens (including phenoxy) is 2. The first-order valence-electron chi connectivity index (χ1n) is 9.80. The Kier molecular flexibility index (Phi) is 8.46. The molecule has 0 saturated heterocycles. The number of hydrogen-bond acceptors (Lipinski definition) is 8. The van der Waals surface area contributed by atoms with Gasteiger partial charge in [-0.1, -0.05) is 46.9 Å². The number of carbonyl (C=O) groups is 2. The molecule has 2 aromatic carbocycles. The van der Waals surface area contributed by atoms with E-state index in [0.717, 1.165) is 11.1 Å². The summed E-state index contributed by atoms with van der Waals surface area (Å²) >= 11 is 2.51. The molecule has 0 unspecified atom stereocenters. The fourth-order valence-electron chi connectivity index (χ4n) is 2.75. The van der Waals surface area contributed by atoms with Crippen molar-refractivity contribution in [2.45, 2.75) is 17.7 Å². The minimum Gasteiger partial charge on any atom is -0.493 e. The van der Waals surface area contributed by atoms with Crippen molar-refractivity contribution >= 4 is 40.0 Å². The molecule has 8 nitrogen and oxygen atoms in total. The smallest absolute Gasteiger partial charge is 0.257 e. The van der Waals surface area contributed by atoms with E-state index < -0.39 is 0 Å². The predicted molar refractivity (Wildman–Crippen MR) is 126 cm³/mol. The van der Waals surface area contributed by atoms with Crippen LogP contribution in [0.2, 0.25) is 0 Å². The molecule has 32 heavy (non-hydrogen) atoms. The molecule has 0 spiro atoms. The van der Waals surface area contributed by atoms with Crippen molar-refractivity contribution in [2.75, 3.05) is 31.8 Å². The molecule has 0 aliphatic carbocycles. The Morgan fingerprint density at radius 1 is 1.03 bits per heavy atom. The van der Waals surface area contributed by atoms with Crippen molar-refractivity contribution in [1.29, 1.82) is 0 Å². The summed E-state index contributed by atoms with van der Waals surface area (Å²) in [7, 11) is 3.18. The summed E-state index contributed by atoms with van der Waals surface area (Å²) in [5, 5.41) is 14.0. The highest BCUT2D eigenvalue weighted by atomic mass is 32.2. The predicted octanol–water partition coefficient (Wildman–Crippen LogP) is 3.57. The van der Waals surface area contributed by atoms with Crippen LogP contribution < -0.4 is 20.1 Å². The SMILES string of the molecule is COc1ccc(CCNC(=O)CSc2nnc(NC(=O)c3ccc(C)cc3)s2)cc1OC. The Morgan fingerprint density at radius 2 is 1.78 bits per heavy atom. The Hall–Kier alpha value is -3.11. The van der Waals surface area contributed by atoms with Gasteiger partial charge in [0, 0.05) is 12.1 Å². The van der Waals surface area contributed by atoms with E-state index in [2.05, 4.69) is 20.8 Å². The molecule has 168 valence electrons. The molecular formula is C22H24N4O4S2. The van der Waals surface area contributed by atoms with Gasteiger partial charge in [0.15, 0.2) is 15.8 Å². The van der Waals surface area contributed by atoms with E-state index in [1.807, 2.05) is 37.3 Å². The second kappa shape index (κ2) is 11.5. The van der Waals surface area contributed by atoms with E-state index >= 15 is 0 Å². The van der Waals surface area contributed by atoms with Crippen molar-refractivity contribution in [3.8, 4) is 11.5 Å². The fourth-order valence-corrected chi connectivity index (χ4v) is 4.33. The first-order chi connectivity index (χ1) is 15.5. The highest BCUT2D eigenvalue weighted by molar-refractivity contribution is 8.01. The minimum absolute atomic E-state index is 0.101. The lowest BCUT2D eigenvalue weighted by Gasteiger charge is -2.10. The van der Waals surface area contributed by atoms with Crippen LogP contribution in [-0.2, 0) is 11.2 Å². The number of aryl methyl sites for hydroxylation is 1. The van der Waals surface area contributed by atoms with Gasteiger partial charge in [0.1, 0.15) is 0 Å². The summed E-state index contributed by atoms with van der Waals surface area (Å²) in [6.07, 6.45) is 0.671. The number of methoxy groups -OCH3 is 2. The highest BCUT2D eigenvalue weighted by Crippen LogP contribution is 2.28. The monoisotopic (exact) mass is 472 g/mol. The van der Waals surface area contributed by atoms with Gasteiger partial charge >= 0.3 is 0 Å². The van der Waals surface area contributed by atoms with Crippen molar-refractivity contribution < 1.29 is 19.1 Å². The van der Waals surface area contributed by atoms with E-state index in [1.165, 1.54) is 23.1 Å². The number of nitrogens with zero attached hydrogens (tertiary/aromatic N) is 2. The third kappa shape index (κ3) is 6.69. The molecule has 0 aliphatic heterocycles. The summed E-state index contributed by atoms with van der Waals surface area (Å²) in [5.74, 6) is 1.20. The maximum atomic E-state index is 12.3. The Morgan fingerprint density at radius 3 is 2.50 bits per heavy atom. The quantitative estimate of drug-likeness (QED) is 0.343. The molecule has 0 aliphatic rings. The third-order valence-corrected chi connectivity index (χ3v) is 6.42. The van der Waals surface area contributed by atoms with Gasteiger partial charge in [-0.2, -0.15) is 0 Å². The molecule has 2 N–H and O–H groups in total. The number of thioether (sulfide) groups is 1. The van der Waals surface area contributed by atoms with Crippen LogP contribution in [-0.4, -0.2) is 48.5 Å².